The van der Waals surface area contributed by atoms with Gasteiger partial charge in [-0.15, -0.1) is 0 Å². The molecular weight excluding hydrogens is 250 g/mol. The summed E-state index contributed by atoms with van der Waals surface area (Å²) in [5, 5.41) is 3.59. The SMILES string of the molecule is CCNC(c1cccnc1N)C1(OCC)CCCCC1. The topological polar surface area (TPSA) is 60.2 Å². The summed E-state index contributed by atoms with van der Waals surface area (Å²) in [4.78, 5) is 4.25. The predicted molar refractivity (Wildman–Crippen MR) is 82.5 cm³/mol. The van der Waals surface area contributed by atoms with Crippen LogP contribution in [-0.4, -0.2) is 23.7 Å². The first-order valence-corrected chi connectivity index (χ1v) is 7.81. The minimum absolute atomic E-state index is 0.126. The van der Waals surface area contributed by atoms with Crippen LogP contribution in [0.1, 0.15) is 57.6 Å². The van der Waals surface area contributed by atoms with Crippen molar-refractivity contribution in [2.45, 2.75) is 57.6 Å². The number of hydrogen-bond donors (Lipinski definition) is 2. The molecule has 1 saturated carbocycles. The summed E-state index contributed by atoms with van der Waals surface area (Å²) < 4.78 is 6.25. The van der Waals surface area contributed by atoms with Gasteiger partial charge in [0.05, 0.1) is 11.6 Å². The highest BCUT2D eigenvalue weighted by Gasteiger charge is 2.41. The minimum atomic E-state index is -0.139. The molecule has 1 aromatic rings. The van der Waals surface area contributed by atoms with E-state index in [1.807, 2.05) is 6.07 Å². The van der Waals surface area contributed by atoms with Gasteiger partial charge in [0.2, 0.25) is 0 Å². The molecule has 20 heavy (non-hydrogen) atoms. The van der Waals surface area contributed by atoms with E-state index in [1.54, 1.807) is 6.20 Å². The lowest BCUT2D eigenvalue weighted by Crippen LogP contribution is -2.48. The Labute approximate surface area is 122 Å². The Bertz CT molecular complexity index is 410. The first-order chi connectivity index (χ1) is 9.73. The maximum Gasteiger partial charge on any atom is 0.128 e. The van der Waals surface area contributed by atoms with Crippen LogP contribution in [-0.2, 0) is 4.74 Å². The number of ether oxygens (including phenoxy) is 1. The van der Waals surface area contributed by atoms with Gasteiger partial charge in [-0.2, -0.15) is 0 Å². The monoisotopic (exact) mass is 277 g/mol. The highest BCUT2D eigenvalue weighted by molar-refractivity contribution is 5.42. The van der Waals surface area contributed by atoms with Gasteiger partial charge in [-0.3, -0.25) is 0 Å². The highest BCUT2D eigenvalue weighted by Crippen LogP contribution is 2.42. The first kappa shape index (κ1) is 15.3. The van der Waals surface area contributed by atoms with Crippen LogP contribution in [0.15, 0.2) is 18.3 Å². The quantitative estimate of drug-likeness (QED) is 0.839. The number of aromatic nitrogens is 1. The van der Waals surface area contributed by atoms with E-state index in [0.717, 1.165) is 31.6 Å². The maximum atomic E-state index is 6.25. The molecule has 4 nitrogen and oxygen atoms in total. The van der Waals surface area contributed by atoms with Crippen molar-refractivity contribution >= 4 is 5.82 Å². The molecule has 112 valence electrons. The van der Waals surface area contributed by atoms with Gasteiger partial charge in [-0.05, 0) is 32.4 Å². The van der Waals surface area contributed by atoms with Crippen LogP contribution in [0, 0.1) is 0 Å². The third kappa shape index (κ3) is 3.13. The molecule has 1 aliphatic carbocycles. The molecule has 2 rings (SSSR count). The molecule has 1 atom stereocenters. The molecular formula is C16H27N3O. The van der Waals surface area contributed by atoms with Crippen LogP contribution in [0.2, 0.25) is 0 Å². The van der Waals surface area contributed by atoms with E-state index < -0.39 is 0 Å². The van der Waals surface area contributed by atoms with Gasteiger partial charge in [0.25, 0.3) is 0 Å². The second-order valence-electron chi connectivity index (χ2n) is 5.53. The van der Waals surface area contributed by atoms with Gasteiger partial charge in [-0.1, -0.05) is 32.3 Å². The average Bonchev–Trinajstić information content (AvgIpc) is 2.47. The van der Waals surface area contributed by atoms with Crippen LogP contribution in [0.25, 0.3) is 0 Å². The molecule has 0 amide bonds. The van der Waals surface area contributed by atoms with Gasteiger partial charge in [0, 0.05) is 18.4 Å². The van der Waals surface area contributed by atoms with Crippen LogP contribution in [0.5, 0.6) is 0 Å². The summed E-state index contributed by atoms with van der Waals surface area (Å²) >= 11 is 0. The van der Waals surface area contributed by atoms with Gasteiger partial charge >= 0.3 is 0 Å². The Morgan fingerprint density at radius 3 is 2.70 bits per heavy atom. The zero-order valence-corrected chi connectivity index (χ0v) is 12.7. The number of anilines is 1. The molecule has 4 heteroatoms. The Balaban J connectivity index is 2.36. The molecule has 1 unspecified atom stereocenters. The molecule has 0 aliphatic heterocycles. The molecule has 0 radical (unpaired) electrons. The number of rotatable bonds is 6. The number of pyridine rings is 1. The number of hydrogen-bond acceptors (Lipinski definition) is 4. The molecule has 0 spiro atoms. The third-order valence-corrected chi connectivity index (χ3v) is 4.25. The standard InChI is InChI=1S/C16H27N3O/c1-3-18-14(13-9-8-12-19-15(13)17)16(20-4-2)10-6-5-7-11-16/h8-9,12,14,18H,3-7,10-11H2,1-2H3,(H2,17,19). The smallest absolute Gasteiger partial charge is 0.128 e. The zero-order chi connectivity index (χ0) is 14.4. The Hall–Kier alpha value is -1.13. The van der Waals surface area contributed by atoms with E-state index in [1.165, 1.54) is 19.3 Å². The lowest BCUT2D eigenvalue weighted by molar-refractivity contribution is -0.0908. The van der Waals surface area contributed by atoms with E-state index in [0.29, 0.717) is 5.82 Å². The highest BCUT2D eigenvalue weighted by atomic mass is 16.5. The predicted octanol–water partition coefficient (Wildman–Crippen LogP) is 3.05. The van der Waals surface area contributed by atoms with Crippen molar-refractivity contribution in [3.8, 4) is 0 Å². The third-order valence-electron chi connectivity index (χ3n) is 4.25. The summed E-state index contributed by atoms with van der Waals surface area (Å²) in [6.07, 6.45) is 7.68. The lowest BCUT2D eigenvalue weighted by Gasteiger charge is -2.44. The fourth-order valence-electron chi connectivity index (χ4n) is 3.41. The molecule has 1 aliphatic rings. The van der Waals surface area contributed by atoms with Crippen LogP contribution < -0.4 is 11.1 Å². The second kappa shape index (κ2) is 7.04. The van der Waals surface area contributed by atoms with Crippen molar-refractivity contribution in [2.24, 2.45) is 0 Å². The summed E-state index contributed by atoms with van der Waals surface area (Å²) in [5.74, 6) is 0.614. The van der Waals surface area contributed by atoms with Crippen LogP contribution in [0.3, 0.4) is 0 Å². The second-order valence-corrected chi connectivity index (χ2v) is 5.53. The Morgan fingerprint density at radius 2 is 2.10 bits per heavy atom. The number of nitrogens with two attached hydrogens (primary N) is 1. The molecule has 0 aromatic carbocycles. The van der Waals surface area contributed by atoms with Gasteiger partial charge in [0.1, 0.15) is 5.82 Å². The fourth-order valence-corrected chi connectivity index (χ4v) is 3.41. The van der Waals surface area contributed by atoms with E-state index >= 15 is 0 Å². The molecule has 0 bridgehead atoms. The largest absolute Gasteiger partial charge is 0.383 e. The number of likely N-dealkylation sites (N-methyl/N-ethyl adjacent to an activating group) is 1. The normalized spacial score (nSPS) is 19.7. The van der Waals surface area contributed by atoms with Crippen molar-refractivity contribution in [3.05, 3.63) is 23.9 Å². The Morgan fingerprint density at radius 1 is 1.35 bits per heavy atom. The molecule has 1 heterocycles. The van der Waals surface area contributed by atoms with E-state index in [9.17, 15) is 0 Å². The number of nitrogens with one attached hydrogen (secondary N) is 1. The molecule has 3 N–H and O–H groups in total. The van der Waals surface area contributed by atoms with Crippen molar-refractivity contribution in [2.75, 3.05) is 18.9 Å². The van der Waals surface area contributed by atoms with Crippen molar-refractivity contribution < 1.29 is 4.74 Å². The van der Waals surface area contributed by atoms with Crippen molar-refractivity contribution in [3.63, 3.8) is 0 Å². The molecule has 0 saturated heterocycles. The van der Waals surface area contributed by atoms with E-state index in [-0.39, 0.29) is 11.6 Å². The molecule has 1 aromatic heterocycles. The minimum Gasteiger partial charge on any atom is -0.383 e. The van der Waals surface area contributed by atoms with E-state index in [4.69, 9.17) is 10.5 Å². The first-order valence-electron chi connectivity index (χ1n) is 7.81. The van der Waals surface area contributed by atoms with Crippen LogP contribution >= 0.6 is 0 Å². The van der Waals surface area contributed by atoms with Gasteiger partial charge < -0.3 is 15.8 Å². The summed E-state index contributed by atoms with van der Waals surface area (Å²) in [6.45, 7) is 5.84. The maximum absolute atomic E-state index is 6.25. The van der Waals surface area contributed by atoms with Crippen molar-refractivity contribution in [1.82, 2.24) is 10.3 Å². The number of nitrogen functional groups attached to an aromatic ring is 1. The zero-order valence-electron chi connectivity index (χ0n) is 12.7. The summed E-state index contributed by atoms with van der Waals surface area (Å²) in [5.41, 5.74) is 7.04. The van der Waals surface area contributed by atoms with Gasteiger partial charge in [0.15, 0.2) is 0 Å². The fraction of sp³-hybridized carbons (Fsp3) is 0.688. The molecule has 1 fully saturated rings. The summed E-state index contributed by atoms with van der Waals surface area (Å²) in [6, 6.07) is 4.16. The van der Waals surface area contributed by atoms with Crippen LogP contribution in [0.4, 0.5) is 5.82 Å². The van der Waals surface area contributed by atoms with E-state index in [2.05, 4.69) is 30.2 Å². The Kier molecular flexibility index (Phi) is 5.38. The van der Waals surface area contributed by atoms with Crippen molar-refractivity contribution in [1.29, 1.82) is 0 Å². The number of nitrogens with zero attached hydrogens (tertiary/aromatic N) is 1. The summed E-state index contributed by atoms with van der Waals surface area (Å²) in [7, 11) is 0. The average molecular weight is 277 g/mol. The van der Waals surface area contributed by atoms with Gasteiger partial charge in [-0.25, -0.2) is 4.98 Å². The lowest BCUT2D eigenvalue weighted by atomic mass is 9.76.